The van der Waals surface area contributed by atoms with Crippen LogP contribution in [0.3, 0.4) is 0 Å². The van der Waals surface area contributed by atoms with E-state index in [4.69, 9.17) is 11.6 Å². The lowest BCUT2D eigenvalue weighted by molar-refractivity contribution is 0.627. The molecule has 0 bridgehead atoms. The van der Waals surface area contributed by atoms with Crippen molar-refractivity contribution in [3.05, 3.63) is 64.9 Å². The fourth-order valence-electron chi connectivity index (χ4n) is 1.65. The zero-order chi connectivity index (χ0) is 13.7. The standard InChI is InChI=1S/C15H14ClFN2/c1-2-15(11-3-7-13(17)8-4-11)19-18-14-9-5-12(16)6-10-14/h3-10,18H,2H2,1H3/b19-15-. The van der Waals surface area contributed by atoms with Gasteiger partial charge in [0.25, 0.3) is 0 Å². The summed E-state index contributed by atoms with van der Waals surface area (Å²) in [6.45, 7) is 2.01. The summed E-state index contributed by atoms with van der Waals surface area (Å²) in [4.78, 5) is 0. The van der Waals surface area contributed by atoms with Crippen molar-refractivity contribution < 1.29 is 4.39 Å². The Labute approximate surface area is 116 Å². The van der Waals surface area contributed by atoms with Crippen LogP contribution in [0.1, 0.15) is 18.9 Å². The normalized spacial score (nSPS) is 11.4. The number of nitrogens with one attached hydrogen (secondary N) is 1. The molecule has 0 aliphatic carbocycles. The Morgan fingerprint density at radius 1 is 1.11 bits per heavy atom. The quantitative estimate of drug-likeness (QED) is 0.635. The van der Waals surface area contributed by atoms with E-state index in [9.17, 15) is 4.39 Å². The van der Waals surface area contributed by atoms with Crippen molar-refractivity contribution in [1.29, 1.82) is 0 Å². The van der Waals surface area contributed by atoms with Crippen LogP contribution < -0.4 is 5.43 Å². The molecule has 0 spiro atoms. The van der Waals surface area contributed by atoms with E-state index in [2.05, 4.69) is 10.5 Å². The monoisotopic (exact) mass is 276 g/mol. The molecule has 0 saturated carbocycles. The lowest BCUT2D eigenvalue weighted by Crippen LogP contribution is -2.03. The van der Waals surface area contributed by atoms with Gasteiger partial charge in [0.1, 0.15) is 5.82 Å². The van der Waals surface area contributed by atoms with Crippen LogP contribution in [0.25, 0.3) is 0 Å². The van der Waals surface area contributed by atoms with Crippen LogP contribution in [-0.2, 0) is 0 Å². The number of hydrazone groups is 1. The third kappa shape index (κ3) is 3.80. The van der Waals surface area contributed by atoms with Gasteiger partial charge in [-0.3, -0.25) is 5.43 Å². The van der Waals surface area contributed by atoms with Crippen molar-refractivity contribution in [2.45, 2.75) is 13.3 Å². The van der Waals surface area contributed by atoms with E-state index in [0.29, 0.717) is 5.02 Å². The maximum absolute atomic E-state index is 12.9. The molecule has 98 valence electrons. The number of hydrogen-bond donors (Lipinski definition) is 1. The molecular weight excluding hydrogens is 263 g/mol. The minimum absolute atomic E-state index is 0.245. The molecular formula is C15H14ClFN2. The average Bonchev–Trinajstić information content (AvgIpc) is 2.43. The highest BCUT2D eigenvalue weighted by Crippen LogP contribution is 2.14. The Kier molecular flexibility index (Phi) is 4.53. The van der Waals surface area contributed by atoms with Crippen LogP contribution in [-0.4, -0.2) is 5.71 Å². The molecule has 0 unspecified atom stereocenters. The molecule has 1 N–H and O–H groups in total. The zero-order valence-corrected chi connectivity index (χ0v) is 11.3. The van der Waals surface area contributed by atoms with Crippen molar-refractivity contribution in [2.75, 3.05) is 5.43 Å². The van der Waals surface area contributed by atoms with Crippen LogP contribution in [0, 0.1) is 5.82 Å². The Bertz CT molecular complexity index is 562. The number of rotatable bonds is 4. The van der Waals surface area contributed by atoms with Crippen molar-refractivity contribution in [3.63, 3.8) is 0 Å². The van der Waals surface area contributed by atoms with Crippen LogP contribution in [0.2, 0.25) is 5.02 Å². The number of hydrogen-bond acceptors (Lipinski definition) is 2. The van der Waals surface area contributed by atoms with Gasteiger partial charge < -0.3 is 0 Å². The fourth-order valence-corrected chi connectivity index (χ4v) is 1.77. The van der Waals surface area contributed by atoms with E-state index in [0.717, 1.165) is 23.4 Å². The van der Waals surface area contributed by atoms with Crippen LogP contribution in [0.15, 0.2) is 53.6 Å². The van der Waals surface area contributed by atoms with E-state index in [1.54, 1.807) is 24.3 Å². The Morgan fingerprint density at radius 2 is 1.74 bits per heavy atom. The average molecular weight is 277 g/mol. The third-order valence-electron chi connectivity index (χ3n) is 2.68. The van der Waals surface area contributed by atoms with Gasteiger partial charge >= 0.3 is 0 Å². The minimum Gasteiger partial charge on any atom is -0.278 e. The van der Waals surface area contributed by atoms with Crippen LogP contribution in [0.5, 0.6) is 0 Å². The second-order valence-electron chi connectivity index (χ2n) is 4.04. The van der Waals surface area contributed by atoms with Crippen molar-refractivity contribution >= 4 is 23.0 Å². The van der Waals surface area contributed by atoms with Crippen molar-refractivity contribution in [2.24, 2.45) is 5.10 Å². The van der Waals surface area contributed by atoms with Gasteiger partial charge in [-0.25, -0.2) is 4.39 Å². The molecule has 0 aliphatic heterocycles. The van der Waals surface area contributed by atoms with E-state index in [1.165, 1.54) is 12.1 Å². The maximum Gasteiger partial charge on any atom is 0.123 e. The Morgan fingerprint density at radius 3 is 2.32 bits per heavy atom. The second-order valence-corrected chi connectivity index (χ2v) is 4.47. The van der Waals surface area contributed by atoms with E-state index < -0.39 is 0 Å². The third-order valence-corrected chi connectivity index (χ3v) is 2.93. The second kappa shape index (κ2) is 6.34. The molecule has 0 fully saturated rings. The summed E-state index contributed by atoms with van der Waals surface area (Å²) in [5.74, 6) is -0.245. The zero-order valence-electron chi connectivity index (χ0n) is 10.5. The van der Waals surface area contributed by atoms with Gasteiger partial charge in [-0.1, -0.05) is 30.7 Å². The lowest BCUT2D eigenvalue weighted by atomic mass is 10.1. The molecule has 0 atom stereocenters. The topological polar surface area (TPSA) is 24.4 Å². The largest absolute Gasteiger partial charge is 0.278 e. The predicted molar refractivity (Wildman–Crippen MR) is 78.3 cm³/mol. The molecule has 0 aromatic heterocycles. The van der Waals surface area contributed by atoms with Crippen molar-refractivity contribution in [1.82, 2.24) is 0 Å². The first kappa shape index (κ1) is 13.6. The van der Waals surface area contributed by atoms with Gasteiger partial charge in [-0.15, -0.1) is 0 Å². The molecule has 0 saturated heterocycles. The van der Waals surface area contributed by atoms with Gasteiger partial charge in [0, 0.05) is 5.02 Å². The van der Waals surface area contributed by atoms with Gasteiger partial charge in [0.2, 0.25) is 0 Å². The van der Waals surface area contributed by atoms with Crippen molar-refractivity contribution in [3.8, 4) is 0 Å². The molecule has 2 aromatic carbocycles. The lowest BCUT2D eigenvalue weighted by Gasteiger charge is -2.06. The summed E-state index contributed by atoms with van der Waals surface area (Å²) in [7, 11) is 0. The summed E-state index contributed by atoms with van der Waals surface area (Å²) >= 11 is 5.81. The molecule has 2 rings (SSSR count). The molecule has 0 radical (unpaired) electrons. The summed E-state index contributed by atoms with van der Waals surface area (Å²) < 4.78 is 12.9. The van der Waals surface area contributed by atoms with E-state index >= 15 is 0 Å². The summed E-state index contributed by atoms with van der Waals surface area (Å²) in [6, 6.07) is 13.6. The molecule has 0 aliphatic rings. The summed E-state index contributed by atoms with van der Waals surface area (Å²) in [5, 5.41) is 5.03. The number of halogens is 2. The van der Waals surface area contributed by atoms with Gasteiger partial charge in [0.05, 0.1) is 11.4 Å². The molecule has 19 heavy (non-hydrogen) atoms. The minimum atomic E-state index is -0.245. The molecule has 2 nitrogen and oxygen atoms in total. The first-order chi connectivity index (χ1) is 9.19. The van der Waals surface area contributed by atoms with Crippen LogP contribution >= 0.6 is 11.6 Å². The molecule has 2 aromatic rings. The molecule has 4 heteroatoms. The van der Waals surface area contributed by atoms with E-state index in [1.807, 2.05) is 19.1 Å². The van der Waals surface area contributed by atoms with Crippen LogP contribution in [0.4, 0.5) is 10.1 Å². The summed E-state index contributed by atoms with van der Waals surface area (Å²) in [5.41, 5.74) is 5.61. The van der Waals surface area contributed by atoms with E-state index in [-0.39, 0.29) is 5.82 Å². The Balaban J connectivity index is 2.15. The number of nitrogens with zero attached hydrogens (tertiary/aromatic N) is 1. The first-order valence-electron chi connectivity index (χ1n) is 6.03. The SMILES string of the molecule is CC/C(=N/Nc1ccc(Cl)cc1)c1ccc(F)cc1. The smallest absolute Gasteiger partial charge is 0.123 e. The highest BCUT2D eigenvalue weighted by molar-refractivity contribution is 6.30. The van der Waals surface area contributed by atoms with Gasteiger partial charge in [-0.05, 0) is 48.4 Å². The molecule has 0 amide bonds. The van der Waals surface area contributed by atoms with Gasteiger partial charge in [-0.2, -0.15) is 5.10 Å². The number of benzene rings is 2. The molecule has 0 heterocycles. The maximum atomic E-state index is 12.9. The predicted octanol–water partition coefficient (Wildman–Crippen LogP) is 4.71. The Hall–Kier alpha value is -1.87. The highest BCUT2D eigenvalue weighted by atomic mass is 35.5. The fraction of sp³-hybridized carbons (Fsp3) is 0.133. The highest BCUT2D eigenvalue weighted by Gasteiger charge is 2.01. The number of anilines is 1. The van der Waals surface area contributed by atoms with Gasteiger partial charge in [0.15, 0.2) is 0 Å². The summed E-state index contributed by atoms with van der Waals surface area (Å²) in [6.07, 6.45) is 0.756. The first-order valence-corrected chi connectivity index (χ1v) is 6.41.